The summed E-state index contributed by atoms with van der Waals surface area (Å²) in [6, 6.07) is 16.0. The molecular formula is C19H14BrN3O4. The van der Waals surface area contributed by atoms with Gasteiger partial charge in [0, 0.05) is 5.92 Å². The number of hydrogen-bond acceptors (Lipinski definition) is 4. The van der Waals surface area contributed by atoms with E-state index >= 15 is 0 Å². The highest BCUT2D eigenvalue weighted by atomic mass is 79.9. The summed E-state index contributed by atoms with van der Waals surface area (Å²) < 4.78 is 5.55. The second kappa shape index (κ2) is 6.88. The van der Waals surface area contributed by atoms with Gasteiger partial charge in [0.25, 0.3) is 0 Å². The van der Waals surface area contributed by atoms with Crippen molar-refractivity contribution in [3.05, 3.63) is 69.8 Å². The molecule has 0 bridgehead atoms. The molecular weight excluding hydrogens is 414 g/mol. The number of carbonyl (C=O) groups is 2. The number of nitrogens with one attached hydrogen (secondary N) is 2. The molecule has 7 nitrogen and oxygen atoms in total. The Balaban J connectivity index is 1.51. The standard InChI is InChI=1S/C19H14BrN3O4/c20-16-15(18(24)25)17(23-22-16)21-19(26)27-9-14-12-7-3-1-5-10(12)11-6-2-4-8-13(11)14/h1-8,14H,9H2,(H,24,25)(H2,21,22,23,26). The number of halogens is 1. The number of anilines is 1. The van der Waals surface area contributed by atoms with Crippen molar-refractivity contribution in [2.24, 2.45) is 0 Å². The predicted molar refractivity (Wildman–Crippen MR) is 102 cm³/mol. The zero-order valence-corrected chi connectivity index (χ0v) is 15.5. The van der Waals surface area contributed by atoms with Crippen molar-refractivity contribution in [1.29, 1.82) is 0 Å². The van der Waals surface area contributed by atoms with Gasteiger partial charge in [-0.05, 0) is 38.2 Å². The Hall–Kier alpha value is -3.13. The minimum absolute atomic E-state index is 0.0759. The molecule has 8 heteroatoms. The van der Waals surface area contributed by atoms with Gasteiger partial charge in [-0.1, -0.05) is 48.5 Å². The zero-order chi connectivity index (χ0) is 19.0. The number of amides is 1. The third kappa shape index (κ3) is 3.08. The van der Waals surface area contributed by atoms with E-state index in [0.717, 1.165) is 22.3 Å². The molecule has 3 aromatic rings. The summed E-state index contributed by atoms with van der Waals surface area (Å²) in [7, 11) is 0. The van der Waals surface area contributed by atoms with E-state index in [1.165, 1.54) is 0 Å². The molecule has 0 spiro atoms. The molecule has 3 N–H and O–H groups in total. The zero-order valence-electron chi connectivity index (χ0n) is 13.9. The number of benzene rings is 2. The number of fused-ring (bicyclic) bond motifs is 3. The number of nitrogens with zero attached hydrogens (tertiary/aromatic N) is 1. The molecule has 0 atom stereocenters. The number of hydrogen-bond donors (Lipinski definition) is 3. The van der Waals surface area contributed by atoms with Crippen molar-refractivity contribution in [2.45, 2.75) is 5.92 Å². The second-order valence-corrected chi connectivity index (χ2v) is 6.81. The van der Waals surface area contributed by atoms with E-state index in [-0.39, 0.29) is 28.5 Å². The molecule has 0 radical (unpaired) electrons. The van der Waals surface area contributed by atoms with E-state index in [4.69, 9.17) is 4.74 Å². The SMILES string of the molecule is O=C(Nc1n[nH]c(Br)c1C(=O)O)OCC1c2ccccc2-c2ccccc21. The summed E-state index contributed by atoms with van der Waals surface area (Å²) in [5, 5.41) is 17.8. The number of H-pyrrole nitrogens is 1. The van der Waals surface area contributed by atoms with Crippen LogP contribution in [0.1, 0.15) is 27.4 Å². The first-order valence-corrected chi connectivity index (χ1v) is 8.94. The van der Waals surface area contributed by atoms with E-state index in [1.54, 1.807) is 0 Å². The summed E-state index contributed by atoms with van der Waals surface area (Å²) in [5.74, 6) is -1.40. The predicted octanol–water partition coefficient (Wildman–Crippen LogP) is 4.23. The molecule has 0 unspecified atom stereocenters. The van der Waals surface area contributed by atoms with Crippen LogP contribution in [0.5, 0.6) is 0 Å². The number of carboxylic acid groups (broad SMARTS) is 1. The number of carboxylic acids is 1. The largest absolute Gasteiger partial charge is 0.477 e. The third-order valence-corrected chi connectivity index (χ3v) is 5.07. The van der Waals surface area contributed by atoms with Gasteiger partial charge < -0.3 is 9.84 Å². The number of aromatic amines is 1. The van der Waals surface area contributed by atoms with E-state index in [1.807, 2.05) is 36.4 Å². The van der Waals surface area contributed by atoms with Gasteiger partial charge in [-0.3, -0.25) is 10.4 Å². The Morgan fingerprint density at radius 1 is 1.11 bits per heavy atom. The second-order valence-electron chi connectivity index (χ2n) is 6.02. The van der Waals surface area contributed by atoms with Crippen molar-refractivity contribution < 1.29 is 19.4 Å². The summed E-state index contributed by atoms with van der Waals surface area (Å²) in [5.41, 5.74) is 4.29. The molecule has 0 fully saturated rings. The Morgan fingerprint density at radius 3 is 2.30 bits per heavy atom. The van der Waals surface area contributed by atoms with Crippen LogP contribution in [0.3, 0.4) is 0 Å². The molecule has 4 rings (SSSR count). The van der Waals surface area contributed by atoms with Crippen LogP contribution in [0, 0.1) is 0 Å². The Bertz CT molecular complexity index is 1000. The van der Waals surface area contributed by atoms with Crippen molar-refractivity contribution >= 4 is 33.8 Å². The molecule has 1 aliphatic carbocycles. The van der Waals surface area contributed by atoms with Gasteiger partial charge in [-0.2, -0.15) is 5.10 Å². The van der Waals surface area contributed by atoms with Gasteiger partial charge in [0.2, 0.25) is 0 Å². The van der Waals surface area contributed by atoms with E-state index in [0.29, 0.717) is 0 Å². The highest BCUT2D eigenvalue weighted by Crippen LogP contribution is 2.44. The van der Waals surface area contributed by atoms with E-state index in [2.05, 4.69) is 43.6 Å². The van der Waals surface area contributed by atoms with Crippen LogP contribution in [0.2, 0.25) is 0 Å². The maximum Gasteiger partial charge on any atom is 0.412 e. The van der Waals surface area contributed by atoms with E-state index < -0.39 is 12.1 Å². The fraction of sp³-hybridized carbons (Fsp3) is 0.105. The van der Waals surface area contributed by atoms with Crippen LogP contribution in [0.4, 0.5) is 10.6 Å². The summed E-state index contributed by atoms with van der Waals surface area (Å²) in [4.78, 5) is 23.4. The first kappa shape index (κ1) is 17.3. The van der Waals surface area contributed by atoms with Gasteiger partial charge in [0.15, 0.2) is 5.82 Å². The maximum absolute atomic E-state index is 12.2. The van der Waals surface area contributed by atoms with Crippen LogP contribution >= 0.6 is 15.9 Å². The van der Waals surface area contributed by atoms with E-state index in [9.17, 15) is 14.7 Å². The van der Waals surface area contributed by atoms with Crippen LogP contribution < -0.4 is 5.32 Å². The van der Waals surface area contributed by atoms with Crippen LogP contribution in [-0.4, -0.2) is 34.0 Å². The number of rotatable bonds is 4. The molecule has 0 saturated carbocycles. The molecule has 27 heavy (non-hydrogen) atoms. The summed E-state index contributed by atoms with van der Waals surface area (Å²) >= 11 is 3.05. The molecule has 2 aromatic carbocycles. The molecule has 1 aliphatic rings. The molecule has 1 heterocycles. The first-order valence-electron chi connectivity index (χ1n) is 8.15. The normalized spacial score (nSPS) is 12.3. The van der Waals surface area contributed by atoms with Gasteiger partial charge in [-0.15, -0.1) is 0 Å². The fourth-order valence-corrected chi connectivity index (χ4v) is 3.78. The topological polar surface area (TPSA) is 104 Å². The number of aromatic nitrogens is 2. The maximum atomic E-state index is 12.2. The molecule has 0 aliphatic heterocycles. The number of carbonyl (C=O) groups excluding carboxylic acids is 1. The lowest BCUT2D eigenvalue weighted by atomic mass is 9.98. The van der Waals surface area contributed by atoms with Crippen molar-refractivity contribution in [3.8, 4) is 11.1 Å². The molecule has 1 aromatic heterocycles. The Morgan fingerprint density at radius 2 is 1.70 bits per heavy atom. The highest BCUT2D eigenvalue weighted by molar-refractivity contribution is 9.10. The molecule has 1 amide bonds. The van der Waals surface area contributed by atoms with Crippen LogP contribution in [0.25, 0.3) is 11.1 Å². The van der Waals surface area contributed by atoms with Gasteiger partial charge in [0.1, 0.15) is 16.8 Å². The fourth-order valence-electron chi connectivity index (χ4n) is 3.34. The Kier molecular flexibility index (Phi) is 4.41. The number of aromatic carboxylic acids is 1. The minimum Gasteiger partial charge on any atom is -0.477 e. The van der Waals surface area contributed by atoms with Crippen LogP contribution in [0.15, 0.2) is 53.1 Å². The van der Waals surface area contributed by atoms with Crippen molar-refractivity contribution in [1.82, 2.24) is 10.2 Å². The van der Waals surface area contributed by atoms with Gasteiger partial charge in [-0.25, -0.2) is 9.59 Å². The molecule has 0 saturated heterocycles. The Labute approximate surface area is 162 Å². The van der Waals surface area contributed by atoms with Gasteiger partial charge in [0.05, 0.1) is 0 Å². The quantitative estimate of drug-likeness (QED) is 0.577. The summed E-state index contributed by atoms with van der Waals surface area (Å²) in [6.45, 7) is 0.133. The van der Waals surface area contributed by atoms with Crippen molar-refractivity contribution in [3.63, 3.8) is 0 Å². The van der Waals surface area contributed by atoms with Crippen molar-refractivity contribution in [2.75, 3.05) is 11.9 Å². The average Bonchev–Trinajstić information content (AvgIpc) is 3.18. The highest BCUT2D eigenvalue weighted by Gasteiger charge is 2.29. The lowest BCUT2D eigenvalue weighted by Gasteiger charge is -2.14. The monoisotopic (exact) mass is 427 g/mol. The summed E-state index contributed by atoms with van der Waals surface area (Å²) in [6.07, 6.45) is -0.765. The van der Waals surface area contributed by atoms with Crippen LogP contribution in [-0.2, 0) is 4.74 Å². The van der Waals surface area contributed by atoms with Gasteiger partial charge >= 0.3 is 12.1 Å². The number of ether oxygens (including phenoxy) is 1. The lowest BCUT2D eigenvalue weighted by molar-refractivity contribution is 0.0697. The molecule has 136 valence electrons. The first-order chi connectivity index (χ1) is 13.1. The lowest BCUT2D eigenvalue weighted by Crippen LogP contribution is -2.19. The average molecular weight is 428 g/mol. The minimum atomic E-state index is -1.22. The third-order valence-electron chi connectivity index (χ3n) is 4.50. The smallest absolute Gasteiger partial charge is 0.412 e.